The van der Waals surface area contributed by atoms with Gasteiger partial charge in [-0.25, -0.2) is 0 Å². The number of ether oxygens (including phenoxy) is 2. The average Bonchev–Trinajstić information content (AvgIpc) is 2.89. The number of rotatable bonds is 9. The molecular weight excluding hydrogens is 591 g/mol. The quantitative estimate of drug-likeness (QED) is 0.148. The molecule has 4 unspecified atom stereocenters. The molecule has 0 saturated heterocycles. The molecule has 2 saturated carbocycles. The summed E-state index contributed by atoms with van der Waals surface area (Å²) < 4.78 is 124. The van der Waals surface area contributed by atoms with E-state index in [0.717, 1.165) is 0 Å². The van der Waals surface area contributed by atoms with Crippen molar-refractivity contribution in [2.75, 3.05) is 5.75 Å². The maximum atomic E-state index is 13.7. The van der Waals surface area contributed by atoms with E-state index < -0.39 is 69.4 Å². The Kier molecular flexibility index (Phi) is 10.5. The maximum absolute atomic E-state index is 13.7. The van der Waals surface area contributed by atoms with Crippen molar-refractivity contribution in [3.05, 3.63) is 28.8 Å². The first-order valence-corrected chi connectivity index (χ1v) is 14.8. The number of esters is 2. The predicted molar refractivity (Wildman–Crippen MR) is 139 cm³/mol. The Labute approximate surface area is 243 Å². The highest BCUT2D eigenvalue weighted by molar-refractivity contribution is 7.85. The zero-order valence-electron chi connectivity index (χ0n) is 22.3. The number of halogens is 6. The molecule has 0 amide bonds. The monoisotopic (exact) mass is 618 g/mol. The van der Waals surface area contributed by atoms with E-state index in [4.69, 9.17) is 32.8 Å². The van der Waals surface area contributed by atoms with Crippen molar-refractivity contribution < 1.29 is 58.4 Å². The first-order valence-electron chi connectivity index (χ1n) is 13.2. The van der Waals surface area contributed by atoms with Crippen LogP contribution in [0.3, 0.4) is 0 Å². The Morgan fingerprint density at radius 3 is 1.64 bits per heavy atom. The molecule has 1 aromatic carbocycles. The van der Waals surface area contributed by atoms with Crippen LogP contribution in [0.5, 0.6) is 5.75 Å². The minimum atomic E-state index is -6.43. The number of fused-ring (bicyclic) bond motifs is 1. The van der Waals surface area contributed by atoms with E-state index in [1.54, 1.807) is 12.1 Å². The van der Waals surface area contributed by atoms with Crippen LogP contribution in [0.4, 0.5) is 26.3 Å². The highest BCUT2D eigenvalue weighted by atomic mass is 32.2. The van der Waals surface area contributed by atoms with Gasteiger partial charge < -0.3 is 9.47 Å². The van der Waals surface area contributed by atoms with Crippen molar-refractivity contribution in [2.45, 2.75) is 75.4 Å². The number of alkyl halides is 6. The summed E-state index contributed by atoms with van der Waals surface area (Å²) in [5, 5.41) is 0. The Morgan fingerprint density at radius 2 is 1.26 bits per heavy atom. The van der Waals surface area contributed by atoms with Crippen molar-refractivity contribution in [3.63, 3.8) is 0 Å². The van der Waals surface area contributed by atoms with Crippen LogP contribution in [0.1, 0.15) is 55.2 Å². The Hall–Kier alpha value is -2.16. The van der Waals surface area contributed by atoms with Crippen LogP contribution in [-0.4, -0.2) is 72.2 Å². The Morgan fingerprint density at radius 1 is 0.810 bits per heavy atom. The lowest BCUT2D eigenvalue weighted by Gasteiger charge is -2.45. The zero-order chi connectivity index (χ0) is 31.7. The van der Waals surface area contributed by atoms with Gasteiger partial charge in [-0.3, -0.25) is 14.1 Å². The number of hydrogen-bond donors (Lipinski definition) is 1. The van der Waals surface area contributed by atoms with E-state index in [1.807, 2.05) is 0 Å². The Bertz CT molecular complexity index is 1230. The molecule has 7 nitrogen and oxygen atoms in total. The molecule has 2 aliphatic rings. The summed E-state index contributed by atoms with van der Waals surface area (Å²) in [5.41, 5.74) is -3.88. The second-order valence-electron chi connectivity index (χ2n) is 10.6. The second kappa shape index (κ2) is 12.8. The van der Waals surface area contributed by atoms with Gasteiger partial charge in [-0.2, -0.15) is 34.8 Å². The number of carbonyl (C=O) groups excluding carboxylic acids is 2. The van der Waals surface area contributed by atoms with E-state index in [1.165, 1.54) is 0 Å². The maximum Gasteiger partial charge on any atom is 0.438 e. The van der Waals surface area contributed by atoms with E-state index in [0.29, 0.717) is 29.5 Å². The Balaban J connectivity index is 1.90. The van der Waals surface area contributed by atoms with Gasteiger partial charge in [0.1, 0.15) is 11.5 Å². The molecule has 0 aromatic heterocycles. The first-order chi connectivity index (χ1) is 19.4. The lowest BCUT2D eigenvalue weighted by Crippen LogP contribution is -2.64. The molecular formula is C25H27B3F6O7S. The lowest BCUT2D eigenvalue weighted by atomic mass is 9.61. The SMILES string of the molecule is [B]Cc1cc(C[B])c(OC(=O)C2CCCC3C(C(=O)OC(CS(=O)(=O)O)(C(F)(F)F)C(F)(F)F)CCCC23)c(C[B])c1. The molecule has 0 aliphatic heterocycles. The molecule has 42 heavy (non-hydrogen) atoms. The summed E-state index contributed by atoms with van der Waals surface area (Å²) in [4.78, 5) is 26.4. The van der Waals surface area contributed by atoms with Crippen LogP contribution in [0.25, 0.3) is 0 Å². The third kappa shape index (κ3) is 7.14. The minimum Gasteiger partial charge on any atom is -0.438 e. The fraction of sp³-hybridized carbons (Fsp3) is 0.680. The summed E-state index contributed by atoms with van der Waals surface area (Å²) >= 11 is 0. The van der Waals surface area contributed by atoms with Crippen molar-refractivity contribution in [2.24, 2.45) is 23.7 Å². The molecule has 17 heteroatoms. The van der Waals surface area contributed by atoms with Gasteiger partial charge in [-0.1, -0.05) is 49.5 Å². The molecule has 6 radical (unpaired) electrons. The number of benzene rings is 1. The standard InChI is InChI=1S/C25H27B3F6O7S/c26-9-13-7-14(10-27)20(15(8-13)11-28)40-21(35)18-5-1-4-17-16(18)3-2-6-19(17)22(36)41-23(24(29,30)31,25(32,33)34)12-42(37,38)39/h7-8,16-19H,1-6,9-12H2,(H,37,38,39). The van der Waals surface area contributed by atoms with Gasteiger partial charge in [0.2, 0.25) is 0 Å². The van der Waals surface area contributed by atoms with E-state index in [2.05, 4.69) is 4.74 Å². The van der Waals surface area contributed by atoms with Crippen molar-refractivity contribution >= 4 is 45.6 Å². The summed E-state index contributed by atoms with van der Waals surface area (Å²) in [7, 11) is 11.4. The third-order valence-electron chi connectivity index (χ3n) is 8.05. The lowest BCUT2D eigenvalue weighted by molar-refractivity contribution is -0.362. The normalized spacial score (nSPS) is 23.6. The van der Waals surface area contributed by atoms with Gasteiger partial charge in [-0.05, 0) is 48.6 Å². The van der Waals surface area contributed by atoms with Gasteiger partial charge in [-0.15, -0.1) is 0 Å². The molecule has 4 atom stereocenters. The molecule has 0 bridgehead atoms. The van der Waals surface area contributed by atoms with Gasteiger partial charge in [0.15, 0.2) is 0 Å². The van der Waals surface area contributed by atoms with E-state index in [9.17, 15) is 44.3 Å². The zero-order valence-corrected chi connectivity index (χ0v) is 23.2. The molecule has 0 spiro atoms. The van der Waals surface area contributed by atoms with Crippen LogP contribution < -0.4 is 4.74 Å². The van der Waals surface area contributed by atoms with Crippen LogP contribution in [0, 0.1) is 23.7 Å². The molecule has 2 fully saturated rings. The topological polar surface area (TPSA) is 107 Å². The van der Waals surface area contributed by atoms with Gasteiger partial charge in [0.25, 0.3) is 10.1 Å². The molecule has 1 N–H and O–H groups in total. The van der Waals surface area contributed by atoms with Crippen LogP contribution in [0.15, 0.2) is 12.1 Å². The molecule has 0 heterocycles. The van der Waals surface area contributed by atoms with Crippen LogP contribution in [0.2, 0.25) is 0 Å². The van der Waals surface area contributed by atoms with Gasteiger partial charge >= 0.3 is 29.9 Å². The highest BCUT2D eigenvalue weighted by Crippen LogP contribution is 2.51. The summed E-state index contributed by atoms with van der Waals surface area (Å²) in [6.45, 7) is 0. The fourth-order valence-electron chi connectivity index (χ4n) is 6.12. The van der Waals surface area contributed by atoms with Crippen molar-refractivity contribution in [3.8, 4) is 5.75 Å². The highest BCUT2D eigenvalue weighted by Gasteiger charge is 2.76. The smallest absolute Gasteiger partial charge is 0.438 e. The third-order valence-corrected chi connectivity index (χ3v) is 8.82. The molecule has 226 valence electrons. The van der Waals surface area contributed by atoms with Crippen LogP contribution in [-0.2, 0) is 43.4 Å². The minimum absolute atomic E-state index is 0.0161. The second-order valence-corrected chi connectivity index (χ2v) is 12.1. The summed E-state index contributed by atoms with van der Waals surface area (Å²) in [5.74, 6) is -9.27. The molecule has 1 aromatic rings. The summed E-state index contributed by atoms with van der Waals surface area (Å²) in [6.07, 6.45) is -11.6. The summed E-state index contributed by atoms with van der Waals surface area (Å²) in [6, 6.07) is 3.30. The molecule has 3 rings (SSSR count). The molecule has 2 aliphatic carbocycles. The number of carbonyl (C=O) groups is 2. The van der Waals surface area contributed by atoms with Gasteiger partial charge in [0.05, 0.1) is 35.4 Å². The van der Waals surface area contributed by atoms with Crippen molar-refractivity contribution in [1.82, 2.24) is 0 Å². The van der Waals surface area contributed by atoms with Gasteiger partial charge in [0, 0.05) is 0 Å². The largest absolute Gasteiger partial charge is 0.438 e. The first kappa shape index (κ1) is 34.3. The van der Waals surface area contributed by atoms with E-state index >= 15 is 0 Å². The predicted octanol–water partition coefficient (Wildman–Crippen LogP) is 3.72. The van der Waals surface area contributed by atoms with Crippen LogP contribution >= 0.6 is 0 Å². The average molecular weight is 618 g/mol. The number of hydrogen-bond acceptors (Lipinski definition) is 6. The van der Waals surface area contributed by atoms with Crippen molar-refractivity contribution in [1.29, 1.82) is 0 Å². The fourth-order valence-corrected chi connectivity index (χ4v) is 7.02. The van der Waals surface area contributed by atoms with E-state index in [-0.39, 0.29) is 50.4 Å².